The Morgan fingerprint density at radius 3 is 2.44 bits per heavy atom. The Balaban J connectivity index is 1.53. The quantitative estimate of drug-likeness (QED) is 0.449. The van der Waals surface area contributed by atoms with Crippen LogP contribution in [0, 0.1) is 0 Å². The third-order valence-corrected chi connectivity index (χ3v) is 4.15. The number of hydrogen-bond donors (Lipinski definition) is 3. The molecule has 140 valence electrons. The number of aliphatic imine (C=N–C) groups is 1. The van der Waals surface area contributed by atoms with E-state index in [1.807, 2.05) is 48.5 Å². The standard InChI is InChI=1S/C19H21ClN6O/c1-21-19(22-11-13-3-7-15(20)8-4-13)23-12-17-24-18(26-25-17)14-5-9-16(27-2)10-6-14/h3-10H,11-12H2,1-2H3,(H2,21,22,23)(H,24,25,26). The van der Waals surface area contributed by atoms with Crippen LogP contribution in [-0.4, -0.2) is 35.3 Å². The number of halogens is 1. The third kappa shape index (κ3) is 5.21. The van der Waals surface area contributed by atoms with Gasteiger partial charge in [-0.15, -0.1) is 0 Å². The van der Waals surface area contributed by atoms with Gasteiger partial charge in [-0.2, -0.15) is 5.10 Å². The predicted octanol–water partition coefficient (Wildman–Crippen LogP) is 3.00. The lowest BCUT2D eigenvalue weighted by Gasteiger charge is -2.10. The van der Waals surface area contributed by atoms with Crippen LogP contribution in [-0.2, 0) is 13.1 Å². The molecule has 0 amide bonds. The lowest BCUT2D eigenvalue weighted by atomic mass is 10.2. The topological polar surface area (TPSA) is 87.2 Å². The summed E-state index contributed by atoms with van der Waals surface area (Å²) < 4.78 is 5.16. The van der Waals surface area contributed by atoms with Crippen LogP contribution in [0.3, 0.4) is 0 Å². The molecule has 0 saturated heterocycles. The molecule has 7 nitrogen and oxygen atoms in total. The second-order valence-corrected chi connectivity index (χ2v) is 6.18. The molecule has 1 aromatic heterocycles. The van der Waals surface area contributed by atoms with Gasteiger partial charge < -0.3 is 15.4 Å². The van der Waals surface area contributed by atoms with E-state index in [1.165, 1.54) is 0 Å². The molecule has 3 aromatic rings. The molecule has 0 aliphatic carbocycles. The molecule has 8 heteroatoms. The summed E-state index contributed by atoms with van der Waals surface area (Å²) in [5, 5.41) is 14.4. The SMILES string of the molecule is CN=C(NCc1ccc(Cl)cc1)NCc1nc(-c2ccc(OC)cc2)n[nH]1. The van der Waals surface area contributed by atoms with E-state index in [0.717, 1.165) is 27.7 Å². The summed E-state index contributed by atoms with van der Waals surface area (Å²) in [6, 6.07) is 15.3. The van der Waals surface area contributed by atoms with E-state index in [-0.39, 0.29) is 0 Å². The first-order valence-corrected chi connectivity index (χ1v) is 8.80. The predicted molar refractivity (Wildman–Crippen MR) is 107 cm³/mol. The van der Waals surface area contributed by atoms with Gasteiger partial charge in [-0.3, -0.25) is 10.1 Å². The summed E-state index contributed by atoms with van der Waals surface area (Å²) in [6.07, 6.45) is 0. The van der Waals surface area contributed by atoms with Crippen molar-refractivity contribution in [3.63, 3.8) is 0 Å². The number of guanidine groups is 1. The highest BCUT2D eigenvalue weighted by atomic mass is 35.5. The summed E-state index contributed by atoms with van der Waals surface area (Å²) in [5.74, 6) is 2.83. The fourth-order valence-corrected chi connectivity index (χ4v) is 2.55. The van der Waals surface area contributed by atoms with Crippen molar-refractivity contribution in [1.82, 2.24) is 25.8 Å². The zero-order valence-corrected chi connectivity index (χ0v) is 15.9. The van der Waals surface area contributed by atoms with Crippen LogP contribution in [0.1, 0.15) is 11.4 Å². The number of methoxy groups -OCH3 is 1. The molecule has 0 spiro atoms. The minimum Gasteiger partial charge on any atom is -0.497 e. The van der Waals surface area contributed by atoms with E-state index in [1.54, 1.807) is 14.2 Å². The summed E-state index contributed by atoms with van der Waals surface area (Å²) >= 11 is 5.90. The Hall–Kier alpha value is -3.06. The molecule has 27 heavy (non-hydrogen) atoms. The maximum atomic E-state index is 5.90. The summed E-state index contributed by atoms with van der Waals surface area (Å²) in [5.41, 5.74) is 2.03. The molecule has 0 fully saturated rings. The van der Waals surface area contributed by atoms with Gasteiger partial charge in [-0.25, -0.2) is 4.98 Å². The van der Waals surface area contributed by atoms with Crippen molar-refractivity contribution in [3.05, 3.63) is 64.9 Å². The van der Waals surface area contributed by atoms with Crippen LogP contribution >= 0.6 is 11.6 Å². The fourth-order valence-electron chi connectivity index (χ4n) is 2.42. The van der Waals surface area contributed by atoms with Crippen molar-refractivity contribution in [3.8, 4) is 17.1 Å². The molecule has 1 heterocycles. The van der Waals surface area contributed by atoms with E-state index < -0.39 is 0 Å². The van der Waals surface area contributed by atoms with Crippen molar-refractivity contribution in [2.75, 3.05) is 14.2 Å². The van der Waals surface area contributed by atoms with Gasteiger partial charge in [0.1, 0.15) is 11.6 Å². The Labute approximate surface area is 162 Å². The number of hydrogen-bond acceptors (Lipinski definition) is 4. The molecule has 0 unspecified atom stereocenters. The minimum atomic E-state index is 0.476. The smallest absolute Gasteiger partial charge is 0.191 e. The average Bonchev–Trinajstić information content (AvgIpc) is 3.18. The van der Waals surface area contributed by atoms with Gasteiger partial charge in [-0.05, 0) is 42.0 Å². The highest BCUT2D eigenvalue weighted by molar-refractivity contribution is 6.30. The molecule has 0 atom stereocenters. The van der Waals surface area contributed by atoms with Crippen molar-refractivity contribution < 1.29 is 4.74 Å². The van der Waals surface area contributed by atoms with Crippen molar-refractivity contribution in [2.24, 2.45) is 4.99 Å². The number of nitrogens with one attached hydrogen (secondary N) is 3. The van der Waals surface area contributed by atoms with Gasteiger partial charge in [0.25, 0.3) is 0 Å². The zero-order valence-electron chi connectivity index (χ0n) is 15.2. The normalized spacial score (nSPS) is 11.3. The Morgan fingerprint density at radius 1 is 1.07 bits per heavy atom. The molecule has 0 bridgehead atoms. The van der Waals surface area contributed by atoms with Gasteiger partial charge in [0.05, 0.1) is 13.7 Å². The van der Waals surface area contributed by atoms with Crippen molar-refractivity contribution in [2.45, 2.75) is 13.1 Å². The lowest BCUT2D eigenvalue weighted by molar-refractivity contribution is 0.415. The summed E-state index contributed by atoms with van der Waals surface area (Å²) in [6.45, 7) is 1.12. The molecular weight excluding hydrogens is 364 g/mol. The molecule has 0 radical (unpaired) electrons. The Kier molecular flexibility index (Phi) is 6.27. The number of benzene rings is 2. The van der Waals surface area contributed by atoms with Gasteiger partial charge in [-0.1, -0.05) is 23.7 Å². The van der Waals surface area contributed by atoms with E-state index in [2.05, 4.69) is 30.8 Å². The van der Waals surface area contributed by atoms with Crippen LogP contribution in [0.25, 0.3) is 11.4 Å². The lowest BCUT2D eigenvalue weighted by Crippen LogP contribution is -2.36. The Bertz CT molecular complexity index is 889. The van der Waals surface area contributed by atoms with Crippen LogP contribution in [0.2, 0.25) is 5.02 Å². The molecule has 0 aliphatic rings. The van der Waals surface area contributed by atoms with Gasteiger partial charge >= 0.3 is 0 Å². The van der Waals surface area contributed by atoms with Crippen LogP contribution < -0.4 is 15.4 Å². The van der Waals surface area contributed by atoms with E-state index in [0.29, 0.717) is 24.9 Å². The molecule has 2 aromatic carbocycles. The van der Waals surface area contributed by atoms with E-state index in [9.17, 15) is 0 Å². The summed E-state index contributed by atoms with van der Waals surface area (Å²) in [4.78, 5) is 8.72. The molecular formula is C19H21ClN6O. The first kappa shape index (κ1) is 18.7. The number of ether oxygens (including phenoxy) is 1. The van der Waals surface area contributed by atoms with Crippen LogP contribution in [0.15, 0.2) is 53.5 Å². The van der Waals surface area contributed by atoms with Gasteiger partial charge in [0.2, 0.25) is 0 Å². The highest BCUT2D eigenvalue weighted by Gasteiger charge is 2.07. The minimum absolute atomic E-state index is 0.476. The fraction of sp³-hybridized carbons (Fsp3) is 0.211. The zero-order chi connectivity index (χ0) is 19.1. The molecule has 3 N–H and O–H groups in total. The number of H-pyrrole nitrogens is 1. The highest BCUT2D eigenvalue weighted by Crippen LogP contribution is 2.18. The number of aromatic nitrogens is 3. The first-order chi connectivity index (χ1) is 13.2. The van der Waals surface area contributed by atoms with Crippen LogP contribution in [0.4, 0.5) is 0 Å². The number of aromatic amines is 1. The van der Waals surface area contributed by atoms with Crippen molar-refractivity contribution >= 4 is 17.6 Å². The second-order valence-electron chi connectivity index (χ2n) is 5.74. The van der Waals surface area contributed by atoms with Gasteiger partial charge in [0, 0.05) is 24.2 Å². The van der Waals surface area contributed by atoms with Crippen molar-refractivity contribution in [1.29, 1.82) is 0 Å². The van der Waals surface area contributed by atoms with Crippen LogP contribution in [0.5, 0.6) is 5.75 Å². The second kappa shape index (κ2) is 9.05. The third-order valence-electron chi connectivity index (χ3n) is 3.90. The molecule has 3 rings (SSSR count). The average molecular weight is 385 g/mol. The molecule has 0 aliphatic heterocycles. The number of nitrogens with zero attached hydrogens (tertiary/aromatic N) is 3. The summed E-state index contributed by atoms with van der Waals surface area (Å²) in [7, 11) is 3.36. The number of rotatable bonds is 6. The van der Waals surface area contributed by atoms with E-state index >= 15 is 0 Å². The molecule has 0 saturated carbocycles. The maximum Gasteiger partial charge on any atom is 0.191 e. The monoisotopic (exact) mass is 384 g/mol. The largest absolute Gasteiger partial charge is 0.497 e. The maximum absolute atomic E-state index is 5.90. The van der Waals surface area contributed by atoms with E-state index in [4.69, 9.17) is 16.3 Å². The Morgan fingerprint density at radius 2 is 1.78 bits per heavy atom. The van der Waals surface area contributed by atoms with Gasteiger partial charge in [0.15, 0.2) is 11.8 Å². The first-order valence-electron chi connectivity index (χ1n) is 8.42.